The first-order valence-corrected chi connectivity index (χ1v) is 24.3. The molecule has 1 aliphatic rings. The van der Waals surface area contributed by atoms with Gasteiger partial charge in [-0.2, -0.15) is 4.98 Å². The maximum absolute atomic E-state index is 14.4. The van der Waals surface area contributed by atoms with Crippen LogP contribution in [0, 0.1) is 6.92 Å². The van der Waals surface area contributed by atoms with Gasteiger partial charge in [-0.1, -0.05) is 125 Å². The van der Waals surface area contributed by atoms with Gasteiger partial charge >= 0.3 is 23.9 Å². The standard InChI is InChI=1S/C54H47ClN4O9S2/c1-34-25-29-40(30-26-34)56-51-57-52(59(41-31-27-39(55)28-32-41)53(70-51)58-54(2,3)4)69-50-45(68-49(63)38-23-15-8-16-24-38)44(67-48(62)37-21-13-7-14-22-37)43(66-47(61)36-19-11-6-12-20-36)42(65-50)33-64-46(60)35-17-9-5-10-18-35/h5-32,42-45,50H,33H2,1-4H3/t42-,43-,44+,45-,50?/m1/s1. The lowest BCUT2D eigenvalue weighted by Gasteiger charge is -2.44. The Labute approximate surface area is 417 Å². The Morgan fingerprint density at radius 1 is 0.643 bits per heavy atom. The van der Waals surface area contributed by atoms with Crippen LogP contribution in [0.5, 0.6) is 0 Å². The van der Waals surface area contributed by atoms with Crippen LogP contribution in [0.2, 0.25) is 5.02 Å². The monoisotopic (exact) mass is 994 g/mol. The van der Waals surface area contributed by atoms with E-state index in [0.29, 0.717) is 26.0 Å². The van der Waals surface area contributed by atoms with Crippen molar-refractivity contribution in [2.75, 3.05) is 6.61 Å². The quantitative estimate of drug-likeness (QED) is 0.0800. The van der Waals surface area contributed by atoms with E-state index in [2.05, 4.69) is 0 Å². The summed E-state index contributed by atoms with van der Waals surface area (Å²) >= 11 is 8.69. The van der Waals surface area contributed by atoms with Crippen LogP contribution in [0.25, 0.3) is 5.69 Å². The maximum atomic E-state index is 14.4. The number of hydrogen-bond donors (Lipinski definition) is 0. The lowest BCUT2D eigenvalue weighted by Crippen LogP contribution is -2.62. The van der Waals surface area contributed by atoms with Gasteiger partial charge < -0.3 is 23.7 Å². The van der Waals surface area contributed by atoms with Crippen molar-refractivity contribution in [1.82, 2.24) is 9.55 Å². The molecule has 0 aliphatic carbocycles. The number of thioether (sulfide) groups is 1. The molecule has 0 saturated carbocycles. The highest BCUT2D eigenvalue weighted by Crippen LogP contribution is 2.38. The number of nitrogens with zero attached hydrogens (tertiary/aromatic N) is 4. The predicted octanol–water partition coefficient (Wildman–Crippen LogP) is 10.2. The number of carbonyl (C=O) groups is 4. The largest absolute Gasteiger partial charge is 0.459 e. The molecule has 356 valence electrons. The molecule has 2 heterocycles. The third-order valence-electron chi connectivity index (χ3n) is 10.5. The summed E-state index contributed by atoms with van der Waals surface area (Å²) < 4.78 is 33.7. The second-order valence-electron chi connectivity index (χ2n) is 16.9. The molecule has 8 rings (SSSR count). The molecule has 1 saturated heterocycles. The molecule has 0 bridgehead atoms. The second kappa shape index (κ2) is 22.5. The van der Waals surface area contributed by atoms with E-state index in [-0.39, 0.29) is 27.4 Å². The first kappa shape index (κ1) is 49.3. The van der Waals surface area contributed by atoms with Crippen LogP contribution >= 0.6 is 34.7 Å². The van der Waals surface area contributed by atoms with E-state index in [4.69, 9.17) is 50.3 Å². The van der Waals surface area contributed by atoms with E-state index < -0.39 is 65.9 Å². The fraction of sp³-hybridized carbons (Fsp3) is 0.204. The molecule has 16 heteroatoms. The van der Waals surface area contributed by atoms with E-state index >= 15 is 0 Å². The van der Waals surface area contributed by atoms with Crippen LogP contribution in [0.1, 0.15) is 67.8 Å². The van der Waals surface area contributed by atoms with Gasteiger partial charge in [0.15, 0.2) is 33.7 Å². The molecule has 1 aliphatic heterocycles. The first-order chi connectivity index (χ1) is 33.8. The molecule has 6 aromatic carbocycles. The topological polar surface area (TPSA) is 157 Å². The zero-order chi connectivity index (χ0) is 49.2. The highest BCUT2D eigenvalue weighted by Gasteiger charge is 2.54. The molecule has 13 nitrogen and oxygen atoms in total. The molecule has 0 amide bonds. The lowest BCUT2D eigenvalue weighted by molar-refractivity contribution is -0.207. The van der Waals surface area contributed by atoms with Crippen LogP contribution in [-0.2, 0) is 23.7 Å². The number of hydrogen-bond acceptors (Lipinski definition) is 14. The summed E-state index contributed by atoms with van der Waals surface area (Å²) in [4.78, 5) is 72.5. The van der Waals surface area contributed by atoms with Gasteiger partial charge in [0.25, 0.3) is 0 Å². The second-order valence-corrected chi connectivity index (χ2v) is 19.4. The minimum Gasteiger partial charge on any atom is -0.459 e. The maximum Gasteiger partial charge on any atom is 0.338 e. The van der Waals surface area contributed by atoms with Crippen molar-refractivity contribution in [2.24, 2.45) is 9.98 Å². The molecular formula is C54H47ClN4O9S2. The SMILES string of the molecule is Cc1ccc(N=c2nc(SC3O[C@H](COC(=O)c4ccccc4)[C@@H](OC(=O)c4ccccc4)[C@H](OC(=O)c4ccccc4)[C@H]3OC(=O)c3ccccc3)n(-c3ccc(Cl)cc3)c(=NC(C)(C)C)s2)cc1. The molecule has 1 aromatic heterocycles. The van der Waals surface area contributed by atoms with Crippen molar-refractivity contribution in [3.63, 3.8) is 0 Å². The van der Waals surface area contributed by atoms with Gasteiger partial charge in [-0.25, -0.2) is 24.2 Å². The van der Waals surface area contributed by atoms with Gasteiger partial charge in [-0.05, 0) is 113 Å². The van der Waals surface area contributed by atoms with Gasteiger partial charge in [0.05, 0.1) is 39.2 Å². The third-order valence-corrected chi connectivity index (χ3v) is 12.7. The van der Waals surface area contributed by atoms with E-state index in [1.54, 1.807) is 138 Å². The molecule has 70 heavy (non-hydrogen) atoms. The fourth-order valence-corrected chi connectivity index (χ4v) is 9.60. The zero-order valence-electron chi connectivity index (χ0n) is 38.4. The molecule has 0 radical (unpaired) electrons. The van der Waals surface area contributed by atoms with Gasteiger partial charge in [-0.3, -0.25) is 9.56 Å². The van der Waals surface area contributed by atoms with Gasteiger partial charge in [0.1, 0.15) is 12.7 Å². The van der Waals surface area contributed by atoms with Crippen LogP contribution in [0.4, 0.5) is 5.69 Å². The van der Waals surface area contributed by atoms with Crippen molar-refractivity contribution >= 4 is 64.3 Å². The molecule has 0 N–H and O–H groups in total. The Balaban J connectivity index is 1.33. The van der Waals surface area contributed by atoms with Crippen molar-refractivity contribution in [3.05, 3.63) is 212 Å². The predicted molar refractivity (Wildman–Crippen MR) is 266 cm³/mol. The van der Waals surface area contributed by atoms with Crippen molar-refractivity contribution in [1.29, 1.82) is 0 Å². The highest BCUT2D eigenvalue weighted by molar-refractivity contribution is 7.99. The summed E-state index contributed by atoms with van der Waals surface area (Å²) in [6.07, 6.45) is -6.01. The van der Waals surface area contributed by atoms with Gasteiger partial charge in [0.2, 0.25) is 4.80 Å². The number of halogens is 1. The minimum absolute atomic E-state index is 0.161. The number of aromatic nitrogens is 2. The number of ether oxygens (including phenoxy) is 5. The van der Waals surface area contributed by atoms with Crippen LogP contribution in [0.3, 0.4) is 0 Å². The minimum atomic E-state index is -1.59. The van der Waals surface area contributed by atoms with Crippen molar-refractivity contribution in [3.8, 4) is 5.69 Å². The number of carbonyl (C=O) groups excluding carboxylic acids is 4. The van der Waals surface area contributed by atoms with E-state index in [9.17, 15) is 19.2 Å². The molecule has 5 atom stereocenters. The first-order valence-electron chi connectivity index (χ1n) is 22.2. The van der Waals surface area contributed by atoms with Gasteiger partial charge in [-0.15, -0.1) is 0 Å². The zero-order valence-corrected chi connectivity index (χ0v) is 40.8. The normalized spacial score (nSPS) is 18.4. The van der Waals surface area contributed by atoms with Crippen LogP contribution < -0.4 is 9.60 Å². The Bertz CT molecular complexity index is 3080. The Morgan fingerprint density at radius 3 is 1.61 bits per heavy atom. The summed E-state index contributed by atoms with van der Waals surface area (Å²) in [6, 6.07) is 47.7. The Morgan fingerprint density at radius 2 is 1.11 bits per heavy atom. The average Bonchev–Trinajstić information content (AvgIpc) is 3.36. The van der Waals surface area contributed by atoms with Crippen molar-refractivity contribution in [2.45, 2.75) is 68.2 Å². The fourth-order valence-electron chi connectivity index (χ4n) is 7.12. The number of benzene rings is 6. The lowest BCUT2D eigenvalue weighted by atomic mass is 9.98. The van der Waals surface area contributed by atoms with Gasteiger partial charge in [0, 0.05) is 5.02 Å². The molecule has 1 fully saturated rings. The summed E-state index contributed by atoms with van der Waals surface area (Å²) in [5.74, 6) is -3.12. The summed E-state index contributed by atoms with van der Waals surface area (Å²) in [6.45, 7) is 7.36. The molecule has 1 unspecified atom stereocenters. The summed E-state index contributed by atoms with van der Waals surface area (Å²) in [5.41, 5.74) is 1.12. The molecule has 7 aromatic rings. The van der Waals surface area contributed by atoms with Crippen LogP contribution in [0.15, 0.2) is 185 Å². The van der Waals surface area contributed by atoms with Crippen molar-refractivity contribution < 1.29 is 42.9 Å². The summed E-state index contributed by atoms with van der Waals surface area (Å²) in [5, 5.41) is 0.750. The Kier molecular flexibility index (Phi) is 15.8. The number of rotatable bonds is 13. The number of aryl methyl sites for hydroxylation is 1. The van der Waals surface area contributed by atoms with E-state index in [0.717, 1.165) is 17.3 Å². The van der Waals surface area contributed by atoms with E-state index in [1.165, 1.54) is 11.3 Å². The summed E-state index contributed by atoms with van der Waals surface area (Å²) in [7, 11) is 0. The molecular weight excluding hydrogens is 948 g/mol. The average molecular weight is 996 g/mol. The van der Waals surface area contributed by atoms with Crippen LogP contribution in [-0.4, -0.2) is 75.4 Å². The Hall–Kier alpha value is -7.17. The smallest absolute Gasteiger partial charge is 0.338 e. The third kappa shape index (κ3) is 12.7. The highest BCUT2D eigenvalue weighted by atomic mass is 35.5. The number of esters is 4. The van der Waals surface area contributed by atoms with E-state index in [1.807, 2.05) is 64.1 Å². The molecule has 0 spiro atoms.